The number of benzene rings is 1. The van der Waals surface area contributed by atoms with Crippen molar-refractivity contribution in [3.05, 3.63) is 33.8 Å². The zero-order valence-corrected chi connectivity index (χ0v) is 9.07. The highest BCUT2D eigenvalue weighted by molar-refractivity contribution is 9.18. The van der Waals surface area contributed by atoms with Crippen LogP contribution < -0.4 is 0 Å². The molecule has 0 atom stereocenters. The van der Waals surface area contributed by atoms with Gasteiger partial charge >= 0.3 is 0 Å². The lowest BCUT2D eigenvalue weighted by Gasteiger charge is -1.98. The second-order valence-electron chi connectivity index (χ2n) is 2.26. The van der Waals surface area contributed by atoms with Gasteiger partial charge in [0.2, 0.25) is 4.69 Å². The highest BCUT2D eigenvalue weighted by Gasteiger charge is 2.04. The monoisotopic (exact) mass is 276 g/mol. The maximum Gasteiger partial charge on any atom is 0.229 e. The van der Waals surface area contributed by atoms with Gasteiger partial charge in [-0.25, -0.2) is 0 Å². The van der Waals surface area contributed by atoms with Crippen molar-refractivity contribution in [3.8, 4) is 0 Å². The number of hydrogen-bond acceptors (Lipinski definition) is 1. The van der Waals surface area contributed by atoms with Crippen LogP contribution in [0.2, 0.25) is 0 Å². The molecule has 0 unspecified atom stereocenters. The molecule has 3 heteroatoms. The summed E-state index contributed by atoms with van der Waals surface area (Å²) < 4.78 is 0.740. The summed E-state index contributed by atoms with van der Waals surface area (Å²) in [7, 11) is 0. The lowest BCUT2D eigenvalue weighted by atomic mass is 10.2. The summed E-state index contributed by atoms with van der Waals surface area (Å²) in [5, 5.41) is 0. The second-order valence-corrected chi connectivity index (χ2v) is 3.83. The third-order valence-corrected chi connectivity index (χ3v) is 2.42. The Labute approximate surface area is 82.1 Å². The van der Waals surface area contributed by atoms with Gasteiger partial charge in [0.05, 0.1) is 0 Å². The van der Waals surface area contributed by atoms with Gasteiger partial charge in [0.25, 0.3) is 0 Å². The minimum Gasteiger partial charge on any atom is -0.281 e. The van der Waals surface area contributed by atoms with Crippen molar-refractivity contribution in [2.45, 2.75) is 6.92 Å². The Bertz CT molecular complexity index is 294. The van der Waals surface area contributed by atoms with Crippen LogP contribution in [0.25, 0.3) is 0 Å². The normalized spacial score (nSPS) is 9.73. The molecule has 1 aromatic carbocycles. The van der Waals surface area contributed by atoms with E-state index in [9.17, 15) is 4.79 Å². The summed E-state index contributed by atoms with van der Waals surface area (Å²) in [4.78, 5) is 10.9. The van der Waals surface area contributed by atoms with Crippen LogP contribution in [-0.4, -0.2) is 4.69 Å². The van der Waals surface area contributed by atoms with Crippen LogP contribution in [0.5, 0.6) is 0 Å². The maximum atomic E-state index is 10.9. The molecule has 0 N–H and O–H groups in total. The predicted octanol–water partition coefficient (Wildman–Crippen LogP) is 3.29. The van der Waals surface area contributed by atoms with Gasteiger partial charge in [0.15, 0.2) is 0 Å². The number of aryl methyl sites for hydroxylation is 1. The molecule has 1 aromatic rings. The molecule has 0 saturated carbocycles. The minimum atomic E-state index is -0.0932. The Morgan fingerprint density at radius 1 is 1.45 bits per heavy atom. The third kappa shape index (κ3) is 2.14. The van der Waals surface area contributed by atoms with E-state index in [0.29, 0.717) is 5.56 Å². The van der Waals surface area contributed by atoms with Crippen LogP contribution in [0.1, 0.15) is 15.9 Å². The number of carbonyl (C=O) groups excluding carboxylic acids is 1. The van der Waals surface area contributed by atoms with E-state index in [2.05, 4.69) is 31.9 Å². The van der Waals surface area contributed by atoms with Crippen molar-refractivity contribution in [2.24, 2.45) is 0 Å². The van der Waals surface area contributed by atoms with Crippen molar-refractivity contribution in [1.82, 2.24) is 0 Å². The molecule has 58 valence electrons. The molecule has 0 spiro atoms. The van der Waals surface area contributed by atoms with Crippen molar-refractivity contribution >= 4 is 36.6 Å². The van der Waals surface area contributed by atoms with Gasteiger partial charge in [0.1, 0.15) is 0 Å². The molecule has 1 nitrogen and oxygen atoms in total. The molecule has 0 fully saturated rings. The van der Waals surface area contributed by atoms with E-state index in [4.69, 9.17) is 0 Å². The van der Waals surface area contributed by atoms with Crippen molar-refractivity contribution < 1.29 is 4.79 Å². The Morgan fingerprint density at radius 3 is 2.55 bits per heavy atom. The minimum absolute atomic E-state index is 0.0932. The highest BCUT2D eigenvalue weighted by atomic mass is 79.9. The van der Waals surface area contributed by atoms with Gasteiger partial charge in [-0.3, -0.25) is 4.79 Å². The Hall–Kier alpha value is -0.150. The van der Waals surface area contributed by atoms with Gasteiger partial charge in [-0.15, -0.1) is 0 Å². The summed E-state index contributed by atoms with van der Waals surface area (Å²) in [6.45, 7) is 1.98. The first-order valence-corrected chi connectivity index (χ1v) is 4.66. The molecule has 0 amide bonds. The Balaban J connectivity index is 3.20. The number of rotatable bonds is 1. The molecular weight excluding hydrogens is 272 g/mol. The zero-order valence-electron chi connectivity index (χ0n) is 5.90. The number of halogens is 2. The van der Waals surface area contributed by atoms with Crippen LogP contribution in [0.15, 0.2) is 22.7 Å². The van der Waals surface area contributed by atoms with E-state index in [-0.39, 0.29) is 4.69 Å². The quantitative estimate of drug-likeness (QED) is 0.720. The smallest absolute Gasteiger partial charge is 0.229 e. The van der Waals surface area contributed by atoms with Crippen molar-refractivity contribution in [1.29, 1.82) is 0 Å². The SMILES string of the molecule is Cc1ccc(C(=O)Br)c(Br)c1. The average molecular weight is 278 g/mol. The van der Waals surface area contributed by atoms with E-state index in [0.717, 1.165) is 10.0 Å². The van der Waals surface area contributed by atoms with Crippen LogP contribution in [-0.2, 0) is 0 Å². The molecule has 0 aliphatic heterocycles. The maximum absolute atomic E-state index is 10.9. The van der Waals surface area contributed by atoms with Crippen LogP contribution >= 0.6 is 31.9 Å². The van der Waals surface area contributed by atoms with E-state index in [1.165, 1.54) is 0 Å². The Morgan fingerprint density at radius 2 is 2.09 bits per heavy atom. The van der Waals surface area contributed by atoms with E-state index in [1.807, 2.05) is 19.1 Å². The average Bonchev–Trinajstić information content (AvgIpc) is 1.85. The summed E-state index contributed by atoms with van der Waals surface area (Å²) in [6.07, 6.45) is 0. The van der Waals surface area contributed by atoms with Gasteiger partial charge in [-0.1, -0.05) is 22.0 Å². The standard InChI is InChI=1S/C8H6Br2O/c1-5-2-3-6(8(10)11)7(9)4-5/h2-4H,1H3. The first-order chi connectivity index (χ1) is 5.11. The van der Waals surface area contributed by atoms with Crippen molar-refractivity contribution in [3.63, 3.8) is 0 Å². The van der Waals surface area contributed by atoms with E-state index >= 15 is 0 Å². The third-order valence-electron chi connectivity index (χ3n) is 1.34. The lowest BCUT2D eigenvalue weighted by molar-refractivity contribution is 0.109. The van der Waals surface area contributed by atoms with Gasteiger partial charge in [-0.05, 0) is 40.5 Å². The summed E-state index contributed by atoms with van der Waals surface area (Å²) in [5.74, 6) is 0. The number of hydrogen-bond donors (Lipinski definition) is 0. The van der Waals surface area contributed by atoms with Crippen LogP contribution in [0, 0.1) is 6.92 Å². The molecule has 0 bridgehead atoms. The molecule has 0 aliphatic rings. The van der Waals surface area contributed by atoms with Gasteiger partial charge in [0, 0.05) is 10.0 Å². The molecule has 1 rings (SSSR count). The van der Waals surface area contributed by atoms with Crippen LogP contribution in [0.3, 0.4) is 0 Å². The predicted molar refractivity (Wildman–Crippen MR) is 52.1 cm³/mol. The first kappa shape index (κ1) is 8.94. The molecule has 0 aromatic heterocycles. The molecule has 11 heavy (non-hydrogen) atoms. The zero-order chi connectivity index (χ0) is 8.43. The van der Waals surface area contributed by atoms with Gasteiger partial charge < -0.3 is 0 Å². The fourth-order valence-corrected chi connectivity index (χ4v) is 2.06. The van der Waals surface area contributed by atoms with Crippen molar-refractivity contribution in [2.75, 3.05) is 0 Å². The first-order valence-electron chi connectivity index (χ1n) is 3.07. The Kier molecular flexibility index (Phi) is 2.84. The van der Waals surface area contributed by atoms with E-state index < -0.39 is 0 Å². The van der Waals surface area contributed by atoms with Crippen LogP contribution in [0.4, 0.5) is 0 Å². The van der Waals surface area contributed by atoms with E-state index in [1.54, 1.807) is 6.07 Å². The topological polar surface area (TPSA) is 17.1 Å². The summed E-state index contributed by atoms with van der Waals surface area (Å²) in [5.41, 5.74) is 1.80. The molecule has 0 saturated heterocycles. The molecule has 0 heterocycles. The summed E-state index contributed by atoms with van der Waals surface area (Å²) >= 11 is 6.19. The molecule has 0 radical (unpaired) electrons. The van der Waals surface area contributed by atoms with Gasteiger partial charge in [-0.2, -0.15) is 0 Å². The lowest BCUT2D eigenvalue weighted by Crippen LogP contribution is -1.89. The molecule has 0 aliphatic carbocycles. The highest BCUT2D eigenvalue weighted by Crippen LogP contribution is 2.20. The fourth-order valence-electron chi connectivity index (χ4n) is 0.780. The number of carbonyl (C=O) groups is 1. The molecular formula is C8H6Br2O. The fraction of sp³-hybridized carbons (Fsp3) is 0.125. The second kappa shape index (κ2) is 3.50. The largest absolute Gasteiger partial charge is 0.281 e. The summed E-state index contributed by atoms with van der Waals surface area (Å²) in [6, 6.07) is 5.60.